The number of nitrogens with two attached hydrogens (primary N) is 1. The van der Waals surface area contributed by atoms with Crippen molar-refractivity contribution in [3.05, 3.63) is 0 Å². The van der Waals surface area contributed by atoms with Crippen molar-refractivity contribution in [2.45, 2.75) is 77.7 Å². The first-order valence-electron chi connectivity index (χ1n) is 8.46. The largest absolute Gasteiger partial charge is 0.329 e. The Bertz CT molecular complexity index is 267. The molecule has 1 saturated heterocycles. The van der Waals surface area contributed by atoms with Gasteiger partial charge in [0.05, 0.1) is 0 Å². The average molecular weight is 266 g/mol. The number of likely N-dealkylation sites (tertiary alicyclic amines) is 1. The SMILES string of the molecule is CCCC1CCN(C2(CN)CCC(C)(C)CC2)CC1. The maximum Gasteiger partial charge on any atom is 0.0332 e. The fraction of sp³-hybridized carbons (Fsp3) is 1.00. The van der Waals surface area contributed by atoms with Crippen LogP contribution in [0.25, 0.3) is 0 Å². The molecule has 1 saturated carbocycles. The Morgan fingerprint density at radius 1 is 1.05 bits per heavy atom. The molecule has 0 amide bonds. The minimum atomic E-state index is 0.340. The van der Waals surface area contributed by atoms with Crippen molar-refractivity contribution in [3.63, 3.8) is 0 Å². The molecular formula is C17H34N2. The van der Waals surface area contributed by atoms with E-state index in [1.54, 1.807) is 0 Å². The number of hydrogen-bond acceptors (Lipinski definition) is 2. The van der Waals surface area contributed by atoms with Crippen LogP contribution in [-0.4, -0.2) is 30.1 Å². The highest BCUT2D eigenvalue weighted by atomic mass is 15.2. The zero-order valence-corrected chi connectivity index (χ0v) is 13.4. The van der Waals surface area contributed by atoms with Crippen molar-refractivity contribution < 1.29 is 0 Å². The van der Waals surface area contributed by atoms with Crippen LogP contribution in [0.15, 0.2) is 0 Å². The summed E-state index contributed by atoms with van der Waals surface area (Å²) in [5.74, 6) is 0.983. The quantitative estimate of drug-likeness (QED) is 0.838. The molecule has 0 unspecified atom stereocenters. The minimum absolute atomic E-state index is 0.340. The Morgan fingerprint density at radius 2 is 1.63 bits per heavy atom. The molecule has 0 spiro atoms. The summed E-state index contributed by atoms with van der Waals surface area (Å²) in [7, 11) is 0. The van der Waals surface area contributed by atoms with E-state index in [9.17, 15) is 0 Å². The lowest BCUT2D eigenvalue weighted by Crippen LogP contribution is -2.58. The fourth-order valence-corrected chi connectivity index (χ4v) is 4.15. The predicted octanol–water partition coefficient (Wildman–Crippen LogP) is 3.80. The van der Waals surface area contributed by atoms with E-state index < -0.39 is 0 Å². The van der Waals surface area contributed by atoms with Crippen molar-refractivity contribution in [1.29, 1.82) is 0 Å². The van der Waals surface area contributed by atoms with Gasteiger partial charge in [-0.1, -0.05) is 33.6 Å². The van der Waals surface area contributed by atoms with E-state index in [1.807, 2.05) is 0 Å². The van der Waals surface area contributed by atoms with Crippen molar-refractivity contribution in [1.82, 2.24) is 4.90 Å². The highest BCUT2D eigenvalue weighted by molar-refractivity contribution is 4.99. The Labute approximate surface area is 120 Å². The molecule has 1 aliphatic heterocycles. The van der Waals surface area contributed by atoms with Crippen molar-refractivity contribution in [2.24, 2.45) is 17.1 Å². The molecule has 2 nitrogen and oxygen atoms in total. The molecule has 2 N–H and O–H groups in total. The van der Waals surface area contributed by atoms with Crippen LogP contribution in [-0.2, 0) is 0 Å². The average Bonchev–Trinajstić information content (AvgIpc) is 2.41. The van der Waals surface area contributed by atoms with Gasteiger partial charge in [-0.05, 0) is 62.9 Å². The second-order valence-electron chi connectivity index (χ2n) is 7.81. The number of rotatable bonds is 4. The standard InChI is InChI=1S/C17H34N2/c1-4-5-15-6-12-19(13-7-15)17(14-18)10-8-16(2,3)9-11-17/h15H,4-14,18H2,1-3H3. The zero-order valence-electron chi connectivity index (χ0n) is 13.4. The van der Waals surface area contributed by atoms with Crippen molar-refractivity contribution in [3.8, 4) is 0 Å². The summed E-state index contributed by atoms with van der Waals surface area (Å²) < 4.78 is 0. The molecule has 2 fully saturated rings. The third-order valence-electron chi connectivity index (χ3n) is 5.90. The van der Waals surface area contributed by atoms with E-state index in [0.29, 0.717) is 11.0 Å². The van der Waals surface area contributed by atoms with E-state index in [2.05, 4.69) is 25.7 Å². The maximum atomic E-state index is 6.21. The van der Waals surface area contributed by atoms with Crippen LogP contribution in [0.4, 0.5) is 0 Å². The lowest BCUT2D eigenvalue weighted by atomic mass is 9.68. The van der Waals surface area contributed by atoms with Gasteiger partial charge in [-0.2, -0.15) is 0 Å². The normalized spacial score (nSPS) is 28.4. The van der Waals surface area contributed by atoms with Gasteiger partial charge in [0.15, 0.2) is 0 Å². The van der Waals surface area contributed by atoms with Crippen molar-refractivity contribution >= 4 is 0 Å². The van der Waals surface area contributed by atoms with Gasteiger partial charge in [-0.25, -0.2) is 0 Å². The number of hydrogen-bond donors (Lipinski definition) is 1. The van der Waals surface area contributed by atoms with Gasteiger partial charge in [0.2, 0.25) is 0 Å². The van der Waals surface area contributed by atoms with E-state index in [0.717, 1.165) is 12.5 Å². The molecule has 0 aromatic carbocycles. The molecule has 112 valence electrons. The highest BCUT2D eigenvalue weighted by Crippen LogP contribution is 2.43. The van der Waals surface area contributed by atoms with E-state index in [-0.39, 0.29) is 0 Å². The van der Waals surface area contributed by atoms with Crippen LogP contribution in [0.1, 0.15) is 72.1 Å². The molecule has 0 radical (unpaired) electrons. The van der Waals surface area contributed by atoms with E-state index >= 15 is 0 Å². The second kappa shape index (κ2) is 6.13. The van der Waals surface area contributed by atoms with Gasteiger partial charge in [0.1, 0.15) is 0 Å². The van der Waals surface area contributed by atoms with E-state index in [4.69, 9.17) is 5.73 Å². The van der Waals surface area contributed by atoms with E-state index in [1.165, 1.54) is 64.5 Å². The molecule has 0 aromatic rings. The van der Waals surface area contributed by atoms with Gasteiger partial charge in [-0.15, -0.1) is 0 Å². The summed E-state index contributed by atoms with van der Waals surface area (Å²) in [6.07, 6.45) is 10.9. The second-order valence-corrected chi connectivity index (χ2v) is 7.81. The van der Waals surface area contributed by atoms with Gasteiger partial charge < -0.3 is 5.73 Å². The smallest absolute Gasteiger partial charge is 0.0332 e. The molecule has 2 heteroatoms. The fourth-order valence-electron chi connectivity index (χ4n) is 4.15. The molecule has 2 aliphatic rings. The molecule has 19 heavy (non-hydrogen) atoms. The zero-order chi connectivity index (χ0) is 13.9. The molecule has 1 heterocycles. The van der Waals surface area contributed by atoms with Gasteiger partial charge in [-0.3, -0.25) is 4.90 Å². The van der Waals surface area contributed by atoms with Gasteiger partial charge in [0.25, 0.3) is 0 Å². The third-order valence-corrected chi connectivity index (χ3v) is 5.90. The minimum Gasteiger partial charge on any atom is -0.329 e. The van der Waals surface area contributed by atoms with Crippen LogP contribution < -0.4 is 5.73 Å². The van der Waals surface area contributed by atoms with Crippen LogP contribution in [0, 0.1) is 11.3 Å². The highest BCUT2D eigenvalue weighted by Gasteiger charge is 2.42. The summed E-state index contributed by atoms with van der Waals surface area (Å²) in [5.41, 5.74) is 7.09. The van der Waals surface area contributed by atoms with Crippen molar-refractivity contribution in [2.75, 3.05) is 19.6 Å². The number of nitrogens with zero attached hydrogens (tertiary/aromatic N) is 1. The Hall–Kier alpha value is -0.0800. The first-order valence-corrected chi connectivity index (χ1v) is 8.46. The monoisotopic (exact) mass is 266 g/mol. The molecule has 0 atom stereocenters. The molecule has 0 bridgehead atoms. The molecule has 0 aromatic heterocycles. The lowest BCUT2D eigenvalue weighted by molar-refractivity contribution is -0.00000903. The third kappa shape index (κ3) is 3.52. The molecule has 2 rings (SSSR count). The summed E-state index contributed by atoms with van der Waals surface area (Å²) in [4.78, 5) is 2.76. The van der Waals surface area contributed by atoms with Gasteiger partial charge in [0, 0.05) is 12.1 Å². The Balaban J connectivity index is 1.92. The molecule has 1 aliphatic carbocycles. The Kier molecular flexibility index (Phi) is 4.94. The first kappa shape index (κ1) is 15.3. The first-order chi connectivity index (χ1) is 9.01. The van der Waals surface area contributed by atoms with Gasteiger partial charge >= 0.3 is 0 Å². The summed E-state index contributed by atoms with van der Waals surface area (Å²) in [6, 6.07) is 0. The maximum absolute atomic E-state index is 6.21. The Morgan fingerprint density at radius 3 is 2.11 bits per heavy atom. The lowest BCUT2D eigenvalue weighted by Gasteiger charge is -2.51. The van der Waals surface area contributed by atoms with Crippen LogP contribution in [0.3, 0.4) is 0 Å². The number of piperidine rings is 1. The topological polar surface area (TPSA) is 29.3 Å². The molecular weight excluding hydrogens is 232 g/mol. The summed E-state index contributed by atoms with van der Waals surface area (Å²) >= 11 is 0. The predicted molar refractivity (Wildman–Crippen MR) is 83.2 cm³/mol. The van der Waals surface area contributed by atoms with Crippen LogP contribution >= 0.6 is 0 Å². The van der Waals surface area contributed by atoms with Crippen LogP contribution in [0.2, 0.25) is 0 Å². The summed E-state index contributed by atoms with van der Waals surface area (Å²) in [6.45, 7) is 10.6. The van der Waals surface area contributed by atoms with Crippen LogP contribution in [0.5, 0.6) is 0 Å². The summed E-state index contributed by atoms with van der Waals surface area (Å²) in [5, 5.41) is 0.